The van der Waals surface area contributed by atoms with E-state index < -0.39 is 6.03 Å². The molecule has 40 heavy (non-hydrogen) atoms. The number of anilines is 3. The molecule has 0 fully saturated rings. The number of ether oxygens (including phenoxy) is 1. The van der Waals surface area contributed by atoms with Gasteiger partial charge in [-0.2, -0.15) is 0 Å². The van der Waals surface area contributed by atoms with Gasteiger partial charge in [0.15, 0.2) is 5.78 Å². The average Bonchev–Trinajstić information content (AvgIpc) is 3.42. The minimum absolute atomic E-state index is 0.0237. The molecule has 0 saturated carbocycles. The summed E-state index contributed by atoms with van der Waals surface area (Å²) < 4.78 is 5.08. The lowest BCUT2D eigenvalue weighted by Gasteiger charge is -2.11. The molecule has 1 aromatic heterocycles. The van der Waals surface area contributed by atoms with Crippen LogP contribution in [-0.2, 0) is 27.2 Å². The van der Waals surface area contributed by atoms with E-state index in [9.17, 15) is 19.2 Å². The fourth-order valence-corrected chi connectivity index (χ4v) is 5.42. The summed E-state index contributed by atoms with van der Waals surface area (Å²) in [5, 5.41) is 9.00. The molecule has 0 radical (unpaired) electrons. The Kier molecular flexibility index (Phi) is 7.95. The number of Topliss-reactive ketones (excluding diaryl/α,β-unsaturated/α-hetero) is 1. The van der Waals surface area contributed by atoms with E-state index in [1.165, 1.54) is 6.07 Å². The first-order valence-electron chi connectivity index (χ1n) is 12.9. The van der Waals surface area contributed by atoms with Crippen LogP contribution < -0.4 is 16.0 Å². The zero-order chi connectivity index (χ0) is 28.4. The number of nitrogens with one attached hydrogen (secondary N) is 4. The van der Waals surface area contributed by atoms with Crippen molar-refractivity contribution < 1.29 is 23.9 Å². The van der Waals surface area contributed by atoms with Gasteiger partial charge < -0.3 is 25.7 Å². The van der Waals surface area contributed by atoms with E-state index in [1.54, 1.807) is 43.3 Å². The highest BCUT2D eigenvalue weighted by Crippen LogP contribution is 2.37. The van der Waals surface area contributed by atoms with Crippen molar-refractivity contribution in [1.82, 2.24) is 4.98 Å². The smallest absolute Gasteiger partial charge is 0.323 e. The number of urea groups is 1. The first-order valence-corrected chi connectivity index (χ1v) is 13.6. The lowest BCUT2D eigenvalue weighted by atomic mass is 9.91. The molecule has 4 N–H and O–H groups in total. The van der Waals surface area contributed by atoms with E-state index in [2.05, 4.69) is 20.9 Å². The van der Waals surface area contributed by atoms with Gasteiger partial charge in [-0.1, -0.05) is 23.2 Å². The fourth-order valence-electron chi connectivity index (χ4n) is 4.96. The van der Waals surface area contributed by atoms with Gasteiger partial charge in [0.25, 0.3) is 5.91 Å². The van der Waals surface area contributed by atoms with Gasteiger partial charge in [-0.05, 0) is 74.2 Å². The number of fused-ring (bicyclic) bond motifs is 2. The Morgan fingerprint density at radius 2 is 1.90 bits per heavy atom. The summed E-state index contributed by atoms with van der Waals surface area (Å²) >= 11 is 12.1. The molecular formula is C29H26Cl2N4O5. The minimum atomic E-state index is -0.524. The summed E-state index contributed by atoms with van der Waals surface area (Å²) in [6.45, 7) is 2.02. The van der Waals surface area contributed by atoms with Gasteiger partial charge in [0.1, 0.15) is 0 Å². The van der Waals surface area contributed by atoms with Gasteiger partial charge in [0, 0.05) is 51.8 Å². The molecule has 11 heteroatoms. The van der Waals surface area contributed by atoms with Gasteiger partial charge in [-0.3, -0.25) is 14.4 Å². The number of aryl methyl sites for hydroxylation is 1. The van der Waals surface area contributed by atoms with Crippen molar-refractivity contribution in [3.8, 4) is 0 Å². The Morgan fingerprint density at radius 3 is 2.67 bits per heavy atom. The van der Waals surface area contributed by atoms with Crippen molar-refractivity contribution in [2.24, 2.45) is 0 Å². The van der Waals surface area contributed by atoms with E-state index >= 15 is 0 Å². The summed E-state index contributed by atoms with van der Waals surface area (Å²) in [4.78, 5) is 53.8. The van der Waals surface area contributed by atoms with E-state index in [0.717, 1.165) is 12.1 Å². The van der Waals surface area contributed by atoms with E-state index in [-0.39, 0.29) is 30.7 Å². The number of aromatic nitrogens is 1. The highest BCUT2D eigenvalue weighted by Gasteiger charge is 2.29. The normalized spacial score (nSPS) is 14.9. The van der Waals surface area contributed by atoms with Crippen molar-refractivity contribution in [2.75, 3.05) is 22.6 Å². The van der Waals surface area contributed by atoms with Crippen molar-refractivity contribution in [3.63, 3.8) is 0 Å². The van der Waals surface area contributed by atoms with E-state index in [4.69, 9.17) is 27.9 Å². The molecule has 3 amide bonds. The number of amides is 3. The van der Waals surface area contributed by atoms with Crippen molar-refractivity contribution >= 4 is 75.6 Å². The average molecular weight is 581 g/mol. The summed E-state index contributed by atoms with van der Waals surface area (Å²) in [5.74, 6) is -0.646. The molecule has 1 aliphatic heterocycles. The third kappa shape index (κ3) is 5.76. The second-order valence-corrected chi connectivity index (χ2v) is 10.3. The number of halogens is 2. The molecule has 1 aliphatic carbocycles. The first kappa shape index (κ1) is 27.5. The third-order valence-corrected chi connectivity index (χ3v) is 7.28. The zero-order valence-electron chi connectivity index (χ0n) is 21.6. The van der Waals surface area contributed by atoms with Crippen molar-refractivity contribution in [2.45, 2.75) is 39.0 Å². The Balaban J connectivity index is 1.43. The van der Waals surface area contributed by atoms with Crippen molar-refractivity contribution in [3.05, 3.63) is 74.5 Å². The second-order valence-electron chi connectivity index (χ2n) is 9.43. The van der Waals surface area contributed by atoms with Gasteiger partial charge in [-0.25, -0.2) is 4.79 Å². The maximum atomic E-state index is 13.0. The molecule has 0 unspecified atom stereocenters. The number of ketones is 1. The van der Waals surface area contributed by atoms with Crippen LogP contribution in [0.25, 0.3) is 11.6 Å². The Morgan fingerprint density at radius 1 is 1.07 bits per heavy atom. The van der Waals surface area contributed by atoms with Crippen LogP contribution in [0.2, 0.25) is 10.0 Å². The number of hydrogen-bond donors (Lipinski definition) is 4. The van der Waals surface area contributed by atoms with Crippen LogP contribution in [-0.4, -0.2) is 35.3 Å². The van der Waals surface area contributed by atoms with E-state index in [1.807, 2.05) is 0 Å². The molecule has 3 aromatic rings. The number of H-pyrrole nitrogens is 1. The Labute approximate surface area is 240 Å². The molecule has 206 valence electrons. The largest absolute Gasteiger partial charge is 0.466 e. The predicted octanol–water partition coefficient (Wildman–Crippen LogP) is 6.47. The standard InChI is InChI=1S/C29H26Cl2N4O5/c1-2-40-26(37)11-8-17-24(33-23-4-3-5-25(36)27(17)23)14-19-18-13-16(7-10-21(18)34-28(19)38)32-29(39)35-22-9-6-15(30)12-20(22)31/h6-7,9-10,12-14,33H,2-5,8,11H2,1H3,(H,34,38)(H2,32,35,39). The number of hydrogen-bond acceptors (Lipinski definition) is 5. The molecule has 0 bridgehead atoms. The number of carbonyl (C=O) groups is 4. The van der Waals surface area contributed by atoms with Crippen LogP contribution in [0.5, 0.6) is 0 Å². The van der Waals surface area contributed by atoms with Crippen LogP contribution in [0.3, 0.4) is 0 Å². The van der Waals surface area contributed by atoms with Gasteiger partial charge in [0.05, 0.1) is 22.9 Å². The molecule has 9 nitrogen and oxygen atoms in total. The second kappa shape index (κ2) is 11.6. The quantitative estimate of drug-likeness (QED) is 0.188. The van der Waals surface area contributed by atoms with E-state index in [0.29, 0.717) is 74.3 Å². The fraction of sp³-hybridized carbons (Fsp3) is 0.241. The molecule has 2 aromatic carbocycles. The monoisotopic (exact) mass is 580 g/mol. The van der Waals surface area contributed by atoms with Crippen LogP contribution in [0.1, 0.15) is 59.1 Å². The van der Waals surface area contributed by atoms with Gasteiger partial charge in [-0.15, -0.1) is 0 Å². The molecule has 2 heterocycles. The number of carbonyl (C=O) groups excluding carboxylic acids is 4. The Hall–Kier alpha value is -4.08. The first-order chi connectivity index (χ1) is 19.2. The maximum absolute atomic E-state index is 13.0. The lowest BCUT2D eigenvalue weighted by Crippen LogP contribution is -2.19. The summed E-state index contributed by atoms with van der Waals surface area (Å²) in [6, 6.07) is 9.26. The molecule has 0 atom stereocenters. The van der Waals surface area contributed by atoms with Crippen LogP contribution >= 0.6 is 23.2 Å². The van der Waals surface area contributed by atoms with Crippen LogP contribution in [0.15, 0.2) is 36.4 Å². The van der Waals surface area contributed by atoms with Crippen LogP contribution in [0.4, 0.5) is 21.9 Å². The van der Waals surface area contributed by atoms with Gasteiger partial charge in [0.2, 0.25) is 0 Å². The topological polar surface area (TPSA) is 129 Å². The highest BCUT2D eigenvalue weighted by atomic mass is 35.5. The Bertz CT molecular complexity index is 1580. The highest BCUT2D eigenvalue weighted by molar-refractivity contribution is 6.37. The number of esters is 1. The van der Waals surface area contributed by atoms with Gasteiger partial charge >= 0.3 is 12.0 Å². The molecule has 0 spiro atoms. The summed E-state index contributed by atoms with van der Waals surface area (Å²) in [7, 11) is 0. The lowest BCUT2D eigenvalue weighted by molar-refractivity contribution is -0.143. The zero-order valence-corrected chi connectivity index (χ0v) is 23.1. The number of aromatic amines is 1. The SMILES string of the molecule is CCOC(=O)CCc1c(C=C2C(=O)Nc3ccc(NC(=O)Nc4ccc(Cl)cc4Cl)cc32)[nH]c2c1C(=O)CCC2. The van der Waals surface area contributed by atoms with Crippen molar-refractivity contribution in [1.29, 1.82) is 0 Å². The maximum Gasteiger partial charge on any atom is 0.323 e. The predicted molar refractivity (Wildman–Crippen MR) is 155 cm³/mol. The molecular weight excluding hydrogens is 555 g/mol. The minimum Gasteiger partial charge on any atom is -0.466 e. The summed E-state index contributed by atoms with van der Waals surface area (Å²) in [5.41, 5.74) is 5.11. The third-order valence-electron chi connectivity index (χ3n) is 6.74. The molecule has 2 aliphatic rings. The van der Waals surface area contributed by atoms with Crippen LogP contribution in [0, 0.1) is 0 Å². The molecule has 5 rings (SSSR count). The number of benzene rings is 2. The molecule has 0 saturated heterocycles. The summed E-state index contributed by atoms with van der Waals surface area (Å²) in [6.07, 6.45) is 4.01. The number of rotatable bonds is 7.